The Kier molecular flexibility index (Phi) is 3.34. The Hall–Kier alpha value is -1.55. The van der Waals surface area contributed by atoms with Crippen molar-refractivity contribution in [2.75, 3.05) is 0 Å². The van der Waals surface area contributed by atoms with Gasteiger partial charge in [-0.1, -0.05) is 6.07 Å². The standard InChI is InChI=1S/C17H19NO2S/c19-17(14-8-12-7-13(12)9-14)18(10-15-3-1-5-20-15)11-16-4-2-6-21-16/h1-6,12-14H,7-11H2. The summed E-state index contributed by atoms with van der Waals surface area (Å²) in [4.78, 5) is 16.1. The molecule has 4 heteroatoms. The van der Waals surface area contributed by atoms with Crippen molar-refractivity contribution in [2.45, 2.75) is 32.4 Å². The zero-order valence-corrected chi connectivity index (χ0v) is 12.7. The maximum atomic E-state index is 12.9. The second-order valence-corrected chi connectivity index (χ2v) is 7.31. The smallest absolute Gasteiger partial charge is 0.226 e. The Balaban J connectivity index is 1.49. The summed E-state index contributed by atoms with van der Waals surface area (Å²) in [6.45, 7) is 1.28. The molecule has 0 bridgehead atoms. The molecule has 0 saturated heterocycles. The minimum absolute atomic E-state index is 0.240. The van der Waals surface area contributed by atoms with Crippen LogP contribution in [-0.4, -0.2) is 10.8 Å². The van der Waals surface area contributed by atoms with E-state index in [1.54, 1.807) is 17.6 Å². The first-order valence-corrected chi connectivity index (χ1v) is 8.51. The van der Waals surface area contributed by atoms with Crippen LogP contribution in [0.25, 0.3) is 0 Å². The first kappa shape index (κ1) is 13.1. The first-order chi connectivity index (χ1) is 10.3. The summed E-state index contributed by atoms with van der Waals surface area (Å²) < 4.78 is 5.44. The summed E-state index contributed by atoms with van der Waals surface area (Å²) in [6.07, 6.45) is 5.23. The molecule has 110 valence electrons. The van der Waals surface area contributed by atoms with Crippen molar-refractivity contribution < 1.29 is 9.21 Å². The van der Waals surface area contributed by atoms with Crippen LogP contribution in [0.1, 0.15) is 29.9 Å². The van der Waals surface area contributed by atoms with Gasteiger partial charge in [0.05, 0.1) is 19.4 Å². The van der Waals surface area contributed by atoms with E-state index in [-0.39, 0.29) is 5.92 Å². The van der Waals surface area contributed by atoms with Crippen molar-refractivity contribution in [1.82, 2.24) is 4.90 Å². The number of furan rings is 1. The van der Waals surface area contributed by atoms with Crippen LogP contribution in [0.2, 0.25) is 0 Å². The Labute approximate surface area is 128 Å². The highest BCUT2D eigenvalue weighted by Crippen LogP contribution is 2.54. The van der Waals surface area contributed by atoms with Gasteiger partial charge in [-0.05, 0) is 54.7 Å². The predicted molar refractivity (Wildman–Crippen MR) is 81.6 cm³/mol. The summed E-state index contributed by atoms with van der Waals surface area (Å²) in [6, 6.07) is 7.97. The zero-order valence-electron chi connectivity index (χ0n) is 11.9. The van der Waals surface area contributed by atoms with E-state index in [1.165, 1.54) is 11.3 Å². The molecule has 2 aliphatic rings. The van der Waals surface area contributed by atoms with Gasteiger partial charge in [-0.15, -0.1) is 11.3 Å². The van der Waals surface area contributed by atoms with E-state index in [1.807, 2.05) is 23.1 Å². The van der Waals surface area contributed by atoms with Crippen molar-refractivity contribution in [1.29, 1.82) is 0 Å². The van der Waals surface area contributed by atoms with E-state index < -0.39 is 0 Å². The summed E-state index contributed by atoms with van der Waals surface area (Å²) >= 11 is 1.71. The molecule has 0 aromatic carbocycles. The van der Waals surface area contributed by atoms with Gasteiger partial charge in [-0.25, -0.2) is 0 Å². The van der Waals surface area contributed by atoms with E-state index >= 15 is 0 Å². The quantitative estimate of drug-likeness (QED) is 0.839. The lowest BCUT2D eigenvalue weighted by molar-refractivity contribution is -0.137. The normalized spacial score (nSPS) is 26.6. The van der Waals surface area contributed by atoms with Crippen LogP contribution in [0.5, 0.6) is 0 Å². The van der Waals surface area contributed by atoms with Crippen LogP contribution >= 0.6 is 11.3 Å². The van der Waals surface area contributed by atoms with Crippen LogP contribution in [0.15, 0.2) is 40.3 Å². The Morgan fingerprint density at radius 2 is 2.05 bits per heavy atom. The molecular weight excluding hydrogens is 282 g/mol. The lowest BCUT2D eigenvalue weighted by Gasteiger charge is -2.25. The van der Waals surface area contributed by atoms with E-state index in [0.29, 0.717) is 19.0 Å². The van der Waals surface area contributed by atoms with Crippen molar-refractivity contribution in [2.24, 2.45) is 17.8 Å². The highest BCUT2D eigenvalue weighted by molar-refractivity contribution is 7.09. The third-order valence-corrected chi connectivity index (χ3v) is 5.62. The summed E-state index contributed by atoms with van der Waals surface area (Å²) in [5, 5.41) is 2.07. The Morgan fingerprint density at radius 1 is 1.19 bits per heavy atom. The maximum absolute atomic E-state index is 12.9. The monoisotopic (exact) mass is 301 g/mol. The minimum Gasteiger partial charge on any atom is -0.467 e. The molecule has 0 spiro atoms. The predicted octanol–water partition coefficient (Wildman–Crippen LogP) is 3.92. The van der Waals surface area contributed by atoms with Gasteiger partial charge in [0.1, 0.15) is 5.76 Å². The van der Waals surface area contributed by atoms with Crippen LogP contribution in [0, 0.1) is 17.8 Å². The largest absolute Gasteiger partial charge is 0.467 e. The molecule has 0 aliphatic heterocycles. The summed E-state index contributed by atoms with van der Waals surface area (Å²) in [5.74, 6) is 3.09. The maximum Gasteiger partial charge on any atom is 0.226 e. The second kappa shape index (κ2) is 5.34. The van der Waals surface area contributed by atoms with Gasteiger partial charge in [0, 0.05) is 10.8 Å². The number of fused-ring (bicyclic) bond motifs is 1. The molecule has 2 atom stereocenters. The molecule has 2 unspecified atom stereocenters. The number of thiophene rings is 1. The van der Waals surface area contributed by atoms with Gasteiger partial charge in [0.2, 0.25) is 5.91 Å². The average Bonchev–Trinajstić information content (AvgIpc) is 3.00. The van der Waals surface area contributed by atoms with Crippen LogP contribution in [0.4, 0.5) is 0 Å². The van der Waals surface area contributed by atoms with Crippen molar-refractivity contribution in [3.63, 3.8) is 0 Å². The SMILES string of the molecule is O=C(C1CC2CC2C1)N(Cc1ccco1)Cc1cccs1. The van der Waals surface area contributed by atoms with Gasteiger partial charge in [0.15, 0.2) is 0 Å². The third kappa shape index (κ3) is 2.77. The molecule has 21 heavy (non-hydrogen) atoms. The van der Waals surface area contributed by atoms with Crippen molar-refractivity contribution in [3.8, 4) is 0 Å². The molecule has 2 saturated carbocycles. The van der Waals surface area contributed by atoms with Gasteiger partial charge < -0.3 is 9.32 Å². The van der Waals surface area contributed by atoms with Crippen molar-refractivity contribution in [3.05, 3.63) is 46.5 Å². The average molecular weight is 301 g/mol. The molecule has 1 amide bonds. The molecule has 2 aromatic heterocycles. The van der Waals surface area contributed by atoms with Gasteiger partial charge >= 0.3 is 0 Å². The Bertz CT molecular complexity index is 559. The zero-order chi connectivity index (χ0) is 14.2. The fourth-order valence-electron chi connectivity index (χ4n) is 3.57. The molecular formula is C17H19NO2S. The second-order valence-electron chi connectivity index (χ2n) is 6.28. The summed E-state index contributed by atoms with van der Waals surface area (Å²) in [5.41, 5.74) is 0. The van der Waals surface area contributed by atoms with Crippen LogP contribution < -0.4 is 0 Å². The van der Waals surface area contributed by atoms with E-state index in [4.69, 9.17) is 4.42 Å². The van der Waals surface area contributed by atoms with E-state index in [0.717, 1.165) is 30.4 Å². The molecule has 2 fully saturated rings. The molecule has 2 aliphatic carbocycles. The minimum atomic E-state index is 0.240. The van der Waals surface area contributed by atoms with Crippen LogP contribution in [-0.2, 0) is 17.9 Å². The fourth-order valence-corrected chi connectivity index (χ4v) is 4.29. The van der Waals surface area contributed by atoms with E-state index in [2.05, 4.69) is 11.4 Å². The van der Waals surface area contributed by atoms with Crippen LogP contribution in [0.3, 0.4) is 0 Å². The highest BCUT2D eigenvalue weighted by atomic mass is 32.1. The van der Waals surface area contributed by atoms with Crippen molar-refractivity contribution >= 4 is 17.2 Å². The molecule has 0 N–H and O–H groups in total. The highest BCUT2D eigenvalue weighted by Gasteiger charge is 2.48. The molecule has 2 heterocycles. The molecule has 2 aromatic rings. The van der Waals surface area contributed by atoms with Gasteiger partial charge in [0.25, 0.3) is 0 Å². The molecule has 4 rings (SSSR count). The number of amides is 1. The number of hydrogen-bond donors (Lipinski definition) is 0. The third-order valence-electron chi connectivity index (χ3n) is 4.76. The fraction of sp³-hybridized carbons (Fsp3) is 0.471. The molecule has 3 nitrogen and oxygen atoms in total. The van der Waals surface area contributed by atoms with Gasteiger partial charge in [-0.3, -0.25) is 4.79 Å². The van der Waals surface area contributed by atoms with Gasteiger partial charge in [-0.2, -0.15) is 0 Å². The number of carbonyl (C=O) groups excluding carboxylic acids is 1. The lowest BCUT2D eigenvalue weighted by atomic mass is 10.0. The number of rotatable bonds is 5. The topological polar surface area (TPSA) is 33.5 Å². The molecule has 0 radical (unpaired) electrons. The number of hydrogen-bond acceptors (Lipinski definition) is 3. The lowest BCUT2D eigenvalue weighted by Crippen LogP contribution is -2.34. The first-order valence-electron chi connectivity index (χ1n) is 7.63. The Morgan fingerprint density at radius 3 is 2.71 bits per heavy atom. The van der Waals surface area contributed by atoms with E-state index in [9.17, 15) is 4.79 Å². The number of nitrogens with zero attached hydrogens (tertiary/aromatic N) is 1. The summed E-state index contributed by atoms with van der Waals surface area (Å²) in [7, 11) is 0. The number of carbonyl (C=O) groups is 1.